The summed E-state index contributed by atoms with van der Waals surface area (Å²) >= 11 is 1.17. The van der Waals surface area contributed by atoms with Crippen LogP contribution in [-0.2, 0) is 4.79 Å². The number of rotatable bonds is 5. The minimum Gasteiger partial charge on any atom is -0.496 e. The van der Waals surface area contributed by atoms with E-state index in [1.54, 1.807) is 20.1 Å². The van der Waals surface area contributed by atoms with Gasteiger partial charge < -0.3 is 4.74 Å². The number of benzene rings is 1. The number of para-hydroxylation sites is 1. The number of hydrogen-bond acceptors (Lipinski definition) is 5. The number of nitrogens with one attached hydrogen (secondary N) is 1. The Morgan fingerprint density at radius 3 is 2.68 bits per heavy atom. The normalized spacial score (nSPS) is 10.7. The molecule has 0 spiro atoms. The van der Waals surface area contributed by atoms with Gasteiger partial charge in [-0.1, -0.05) is 29.5 Å². The summed E-state index contributed by atoms with van der Waals surface area (Å²) in [5.74, 6) is 0.324. The Morgan fingerprint density at radius 2 is 2.05 bits per heavy atom. The molecule has 1 amide bonds. The molecule has 114 valence electrons. The monoisotopic (exact) mass is 316 g/mol. The molecule has 6 heteroatoms. The molecule has 2 rings (SSSR count). The maximum Gasteiger partial charge on any atom is 0.250 e. The van der Waals surface area contributed by atoms with Crippen LogP contribution in [0.5, 0.6) is 5.75 Å². The van der Waals surface area contributed by atoms with Crippen LogP contribution >= 0.6 is 11.3 Å². The predicted molar refractivity (Wildman–Crippen MR) is 87.5 cm³/mol. The van der Waals surface area contributed by atoms with E-state index in [9.17, 15) is 9.59 Å². The average Bonchev–Trinajstić information content (AvgIpc) is 2.86. The van der Waals surface area contributed by atoms with Crippen molar-refractivity contribution in [3.8, 4) is 5.75 Å². The van der Waals surface area contributed by atoms with E-state index in [-0.39, 0.29) is 11.7 Å². The Hall–Kier alpha value is -2.47. The Labute approximate surface area is 132 Å². The van der Waals surface area contributed by atoms with Crippen LogP contribution in [0, 0.1) is 6.92 Å². The second-order valence-electron chi connectivity index (χ2n) is 4.55. The molecule has 0 atom stereocenters. The summed E-state index contributed by atoms with van der Waals surface area (Å²) in [7, 11) is 1.58. The molecule has 5 nitrogen and oxygen atoms in total. The van der Waals surface area contributed by atoms with Gasteiger partial charge in [0, 0.05) is 18.6 Å². The maximum absolute atomic E-state index is 11.9. The second-order valence-corrected chi connectivity index (χ2v) is 5.55. The van der Waals surface area contributed by atoms with Crippen molar-refractivity contribution in [1.29, 1.82) is 0 Å². The smallest absolute Gasteiger partial charge is 0.250 e. The van der Waals surface area contributed by atoms with Crippen molar-refractivity contribution in [2.24, 2.45) is 0 Å². The highest BCUT2D eigenvalue weighted by Crippen LogP contribution is 2.23. The first-order valence-electron chi connectivity index (χ1n) is 6.61. The molecule has 0 radical (unpaired) electrons. The zero-order chi connectivity index (χ0) is 16.1. The zero-order valence-electron chi connectivity index (χ0n) is 12.5. The highest BCUT2D eigenvalue weighted by atomic mass is 32.1. The number of carbonyl (C=O) groups is 2. The third-order valence-electron chi connectivity index (χ3n) is 2.90. The number of nitrogens with zero attached hydrogens (tertiary/aromatic N) is 1. The molecule has 22 heavy (non-hydrogen) atoms. The van der Waals surface area contributed by atoms with Crippen LogP contribution in [-0.4, -0.2) is 23.8 Å². The third-order valence-corrected chi connectivity index (χ3v) is 4.07. The summed E-state index contributed by atoms with van der Waals surface area (Å²) in [6.07, 6.45) is 3.07. The van der Waals surface area contributed by atoms with E-state index in [4.69, 9.17) is 4.74 Å². The van der Waals surface area contributed by atoms with Gasteiger partial charge in [0.15, 0.2) is 10.9 Å². The van der Waals surface area contributed by atoms with Crippen molar-refractivity contribution in [3.63, 3.8) is 0 Å². The summed E-state index contributed by atoms with van der Waals surface area (Å²) in [6.45, 7) is 3.22. The second kappa shape index (κ2) is 7.00. The zero-order valence-corrected chi connectivity index (χ0v) is 13.4. The molecule has 0 saturated carbocycles. The summed E-state index contributed by atoms with van der Waals surface area (Å²) in [6, 6.07) is 7.40. The van der Waals surface area contributed by atoms with Gasteiger partial charge >= 0.3 is 0 Å². The number of ether oxygens (including phenoxy) is 1. The number of ketones is 1. The first kappa shape index (κ1) is 15.9. The van der Waals surface area contributed by atoms with Crippen molar-refractivity contribution >= 4 is 34.2 Å². The number of anilines is 1. The van der Waals surface area contributed by atoms with E-state index in [0.29, 0.717) is 21.5 Å². The fourth-order valence-corrected chi connectivity index (χ4v) is 2.76. The number of amides is 1. The third kappa shape index (κ3) is 3.79. The van der Waals surface area contributed by atoms with Gasteiger partial charge in [-0.3, -0.25) is 14.9 Å². The van der Waals surface area contributed by atoms with Gasteiger partial charge in [-0.05, 0) is 19.1 Å². The molecule has 1 heterocycles. The van der Waals surface area contributed by atoms with E-state index in [0.717, 1.165) is 5.56 Å². The van der Waals surface area contributed by atoms with Crippen molar-refractivity contribution < 1.29 is 14.3 Å². The minimum absolute atomic E-state index is 0.0555. The highest BCUT2D eigenvalue weighted by Gasteiger charge is 2.12. The lowest BCUT2D eigenvalue weighted by molar-refractivity contribution is -0.111. The largest absolute Gasteiger partial charge is 0.496 e. The van der Waals surface area contributed by atoms with Gasteiger partial charge in [0.1, 0.15) is 5.75 Å². The lowest BCUT2D eigenvalue weighted by Crippen LogP contribution is -2.07. The average molecular weight is 316 g/mol. The van der Waals surface area contributed by atoms with Gasteiger partial charge in [-0.15, -0.1) is 0 Å². The molecule has 0 fully saturated rings. The first-order chi connectivity index (χ1) is 10.5. The number of methoxy groups -OCH3 is 1. The lowest BCUT2D eigenvalue weighted by Gasteiger charge is -2.03. The van der Waals surface area contributed by atoms with E-state index < -0.39 is 0 Å². The van der Waals surface area contributed by atoms with Crippen LogP contribution < -0.4 is 10.1 Å². The van der Waals surface area contributed by atoms with Crippen LogP contribution in [0.15, 0.2) is 30.3 Å². The number of aryl methyl sites for hydroxylation is 1. The Bertz CT molecular complexity index is 735. The molecule has 0 aliphatic heterocycles. The molecule has 0 aliphatic carbocycles. The molecular formula is C16H16N2O3S. The number of carbonyl (C=O) groups excluding carboxylic acids is 2. The number of Topliss-reactive ketones (excluding diaryl/α,β-unsaturated/α-hetero) is 1. The van der Waals surface area contributed by atoms with Gasteiger partial charge in [0.05, 0.1) is 17.7 Å². The summed E-state index contributed by atoms with van der Waals surface area (Å²) in [5.41, 5.74) is 1.43. The van der Waals surface area contributed by atoms with E-state index in [1.165, 1.54) is 24.3 Å². The van der Waals surface area contributed by atoms with Gasteiger partial charge in [0.2, 0.25) is 5.91 Å². The van der Waals surface area contributed by atoms with E-state index in [2.05, 4.69) is 10.3 Å². The highest BCUT2D eigenvalue weighted by molar-refractivity contribution is 7.17. The maximum atomic E-state index is 11.9. The molecule has 0 aliphatic rings. The lowest BCUT2D eigenvalue weighted by atomic mass is 10.2. The van der Waals surface area contributed by atoms with Crippen molar-refractivity contribution in [2.45, 2.75) is 13.8 Å². The number of aromatic nitrogens is 1. The summed E-state index contributed by atoms with van der Waals surface area (Å²) < 4.78 is 5.21. The van der Waals surface area contributed by atoms with Gasteiger partial charge in [-0.25, -0.2) is 4.98 Å². The minimum atomic E-state index is -0.310. The fraction of sp³-hybridized carbons (Fsp3) is 0.188. The SMILES string of the molecule is COc1ccccc1/C=C/C(=O)Nc1nc(C)c(C(C)=O)s1. The molecule has 0 bridgehead atoms. The molecule has 0 saturated heterocycles. The first-order valence-corrected chi connectivity index (χ1v) is 7.43. The quantitative estimate of drug-likeness (QED) is 0.679. The topological polar surface area (TPSA) is 68.3 Å². The van der Waals surface area contributed by atoms with E-state index in [1.807, 2.05) is 24.3 Å². The van der Waals surface area contributed by atoms with Crippen molar-refractivity contribution in [2.75, 3.05) is 12.4 Å². The summed E-state index contributed by atoms with van der Waals surface area (Å²) in [4.78, 5) is 28.0. The fourth-order valence-electron chi connectivity index (χ4n) is 1.89. The summed E-state index contributed by atoms with van der Waals surface area (Å²) in [5, 5.41) is 3.07. The Balaban J connectivity index is 2.08. The Morgan fingerprint density at radius 1 is 1.32 bits per heavy atom. The number of thiazole rings is 1. The molecule has 1 aromatic carbocycles. The van der Waals surface area contributed by atoms with Crippen LogP contribution in [0.1, 0.15) is 27.9 Å². The van der Waals surface area contributed by atoms with Crippen molar-refractivity contribution in [1.82, 2.24) is 4.98 Å². The molecule has 0 unspecified atom stereocenters. The number of hydrogen-bond donors (Lipinski definition) is 1. The Kier molecular flexibility index (Phi) is 5.06. The molecular weight excluding hydrogens is 300 g/mol. The van der Waals surface area contributed by atoms with E-state index >= 15 is 0 Å². The molecule has 1 aromatic heterocycles. The van der Waals surface area contributed by atoms with Gasteiger partial charge in [0.25, 0.3) is 0 Å². The van der Waals surface area contributed by atoms with Crippen LogP contribution in [0.25, 0.3) is 6.08 Å². The van der Waals surface area contributed by atoms with Crippen LogP contribution in [0.3, 0.4) is 0 Å². The predicted octanol–water partition coefficient (Wildman–Crippen LogP) is 3.31. The van der Waals surface area contributed by atoms with Crippen molar-refractivity contribution in [3.05, 3.63) is 46.5 Å². The van der Waals surface area contributed by atoms with Crippen LogP contribution in [0.4, 0.5) is 5.13 Å². The van der Waals surface area contributed by atoms with Crippen LogP contribution in [0.2, 0.25) is 0 Å². The van der Waals surface area contributed by atoms with Gasteiger partial charge in [-0.2, -0.15) is 0 Å². The molecule has 2 aromatic rings. The molecule has 1 N–H and O–H groups in total. The standard InChI is InChI=1S/C16H16N2O3S/c1-10-15(11(2)19)22-16(17-10)18-14(20)9-8-12-6-4-5-7-13(12)21-3/h4-9H,1-3H3,(H,17,18,20)/b9-8+.